The zero-order chi connectivity index (χ0) is 23.0. The molecule has 0 radical (unpaired) electrons. The Morgan fingerprint density at radius 3 is 1.71 bits per heavy atom. The van der Waals surface area contributed by atoms with Crippen LogP contribution in [0.4, 0.5) is 0 Å². The van der Waals surface area contributed by atoms with Crippen LogP contribution in [-0.2, 0) is 38.8 Å². The zero-order valence-electron chi connectivity index (χ0n) is 19.5. The average molecular weight is 460 g/mol. The summed E-state index contributed by atoms with van der Waals surface area (Å²) in [7, 11) is 0. The molecule has 0 saturated carbocycles. The second kappa shape index (κ2) is 11.7. The molecule has 2 saturated heterocycles. The van der Waals surface area contributed by atoms with Gasteiger partial charge in [-0.3, -0.25) is 4.90 Å². The number of nitrogens with zero attached hydrogens (tertiary/aromatic N) is 1. The smallest absolute Gasteiger partial charge is 0.113 e. The van der Waals surface area contributed by atoms with Crippen LogP contribution >= 0.6 is 0 Å². The Balaban J connectivity index is 1.36. The highest BCUT2D eigenvalue weighted by atomic mass is 16.6. The molecule has 178 valence electrons. The molecule has 5 heteroatoms. The fourth-order valence-corrected chi connectivity index (χ4v) is 4.86. The van der Waals surface area contributed by atoms with Crippen LogP contribution in [0.3, 0.4) is 0 Å². The first-order chi connectivity index (χ1) is 16.9. The monoisotopic (exact) mass is 459 g/mol. The molecule has 2 aliphatic rings. The van der Waals surface area contributed by atoms with E-state index in [9.17, 15) is 0 Å². The molecule has 3 aromatic carbocycles. The van der Waals surface area contributed by atoms with Crippen molar-refractivity contribution in [2.45, 2.75) is 50.6 Å². The normalized spacial score (nSPS) is 25.1. The third-order valence-electron chi connectivity index (χ3n) is 6.65. The van der Waals surface area contributed by atoms with Crippen molar-refractivity contribution in [1.29, 1.82) is 0 Å². The first-order valence-corrected chi connectivity index (χ1v) is 12.2. The largest absolute Gasteiger partial charge is 0.369 e. The number of hydrogen-bond donors (Lipinski definition) is 0. The Kier molecular flexibility index (Phi) is 8.01. The van der Waals surface area contributed by atoms with Crippen LogP contribution in [0, 0.1) is 0 Å². The minimum absolute atomic E-state index is 0.109. The van der Waals surface area contributed by atoms with E-state index >= 15 is 0 Å². The van der Waals surface area contributed by atoms with Gasteiger partial charge in [0.25, 0.3) is 0 Å². The van der Waals surface area contributed by atoms with Gasteiger partial charge < -0.3 is 18.9 Å². The molecule has 5 rings (SSSR count). The van der Waals surface area contributed by atoms with Crippen LogP contribution in [0.15, 0.2) is 91.0 Å². The van der Waals surface area contributed by atoms with Gasteiger partial charge in [-0.25, -0.2) is 0 Å². The Morgan fingerprint density at radius 1 is 0.647 bits per heavy atom. The maximum Gasteiger partial charge on any atom is 0.113 e. The second-order valence-corrected chi connectivity index (χ2v) is 9.02. The van der Waals surface area contributed by atoms with Crippen molar-refractivity contribution < 1.29 is 18.9 Å². The van der Waals surface area contributed by atoms with Crippen molar-refractivity contribution in [1.82, 2.24) is 4.90 Å². The van der Waals surface area contributed by atoms with Crippen LogP contribution in [0.5, 0.6) is 0 Å². The molecule has 2 fully saturated rings. The summed E-state index contributed by atoms with van der Waals surface area (Å²) in [5, 5.41) is 0. The van der Waals surface area contributed by atoms with E-state index in [1.54, 1.807) is 0 Å². The highest BCUT2D eigenvalue weighted by Gasteiger charge is 2.46. The molecule has 0 spiro atoms. The van der Waals surface area contributed by atoms with Crippen LogP contribution < -0.4 is 0 Å². The van der Waals surface area contributed by atoms with Crippen LogP contribution in [0.1, 0.15) is 23.1 Å². The van der Waals surface area contributed by atoms with E-state index in [1.807, 2.05) is 42.5 Å². The molecular formula is C29H33NO4. The highest BCUT2D eigenvalue weighted by molar-refractivity contribution is 5.16. The van der Waals surface area contributed by atoms with Gasteiger partial charge in [0.15, 0.2) is 0 Å². The Hall–Kier alpha value is -2.54. The van der Waals surface area contributed by atoms with Crippen LogP contribution in [-0.4, -0.2) is 49.1 Å². The van der Waals surface area contributed by atoms with Gasteiger partial charge in [-0.05, 0) is 23.1 Å². The molecular weight excluding hydrogens is 426 g/mol. The van der Waals surface area contributed by atoms with Crippen molar-refractivity contribution in [2.75, 3.05) is 19.9 Å². The summed E-state index contributed by atoms with van der Waals surface area (Å²) >= 11 is 0. The Labute approximate surface area is 202 Å². The Bertz CT molecular complexity index is 985. The standard InChI is InChI=1S/C29H33NO4/c1-4-10-23(11-5-1)19-32-27-18-30-22-31-17-16-26(30)28(33-20-24-12-6-2-7-13-24)29(27)34-21-25-14-8-3-9-15-25/h1-15,26-29H,16-22H2/t26-,27+,28+,29-/m1/s1. The molecule has 2 heterocycles. The molecule has 4 atom stereocenters. The summed E-state index contributed by atoms with van der Waals surface area (Å²) in [4.78, 5) is 2.36. The minimum atomic E-state index is -0.174. The molecule has 2 aliphatic heterocycles. The SMILES string of the molecule is c1ccc(CO[C@@H]2[C@H](OCc3ccccc3)[C@@H](OCc3ccccc3)CN3COCC[C@H]23)cc1. The predicted molar refractivity (Wildman–Crippen MR) is 131 cm³/mol. The maximum atomic E-state index is 6.62. The molecule has 34 heavy (non-hydrogen) atoms. The van der Waals surface area contributed by atoms with Gasteiger partial charge in [0, 0.05) is 19.2 Å². The molecule has 0 aromatic heterocycles. The fourth-order valence-electron chi connectivity index (χ4n) is 4.86. The lowest BCUT2D eigenvalue weighted by Crippen LogP contribution is -2.65. The number of piperidine rings is 1. The lowest BCUT2D eigenvalue weighted by molar-refractivity contribution is -0.227. The van der Waals surface area contributed by atoms with Gasteiger partial charge in [-0.1, -0.05) is 91.0 Å². The van der Waals surface area contributed by atoms with E-state index in [2.05, 4.69) is 53.4 Å². The van der Waals surface area contributed by atoms with Crippen molar-refractivity contribution in [2.24, 2.45) is 0 Å². The number of benzene rings is 3. The molecule has 0 bridgehead atoms. The Morgan fingerprint density at radius 2 is 1.15 bits per heavy atom. The lowest BCUT2D eigenvalue weighted by atomic mass is 9.90. The van der Waals surface area contributed by atoms with Gasteiger partial charge in [0.1, 0.15) is 12.2 Å². The highest BCUT2D eigenvalue weighted by Crippen LogP contribution is 2.31. The second-order valence-electron chi connectivity index (χ2n) is 9.02. The van der Waals surface area contributed by atoms with E-state index in [1.165, 1.54) is 0 Å². The van der Waals surface area contributed by atoms with Gasteiger partial charge in [-0.2, -0.15) is 0 Å². The molecule has 0 unspecified atom stereocenters. The third kappa shape index (κ3) is 5.93. The summed E-state index contributed by atoms with van der Waals surface area (Å²) in [6.45, 7) is 3.74. The first-order valence-electron chi connectivity index (χ1n) is 12.2. The van der Waals surface area contributed by atoms with Gasteiger partial charge >= 0.3 is 0 Å². The molecule has 0 aliphatic carbocycles. The molecule has 5 nitrogen and oxygen atoms in total. The van der Waals surface area contributed by atoms with Crippen LogP contribution in [0.2, 0.25) is 0 Å². The maximum absolute atomic E-state index is 6.62. The summed E-state index contributed by atoms with van der Waals surface area (Å²) in [5.74, 6) is 0. The third-order valence-corrected chi connectivity index (χ3v) is 6.65. The molecule has 0 N–H and O–H groups in total. The topological polar surface area (TPSA) is 40.2 Å². The van der Waals surface area contributed by atoms with E-state index in [4.69, 9.17) is 18.9 Å². The molecule has 0 amide bonds. The summed E-state index contributed by atoms with van der Waals surface area (Å²) in [5.41, 5.74) is 3.47. The van der Waals surface area contributed by atoms with Crippen molar-refractivity contribution in [3.63, 3.8) is 0 Å². The van der Waals surface area contributed by atoms with E-state index in [0.29, 0.717) is 26.6 Å². The van der Waals surface area contributed by atoms with Crippen molar-refractivity contribution in [3.05, 3.63) is 108 Å². The van der Waals surface area contributed by atoms with Gasteiger partial charge in [-0.15, -0.1) is 0 Å². The fraction of sp³-hybridized carbons (Fsp3) is 0.379. The summed E-state index contributed by atoms with van der Waals surface area (Å²) in [6.07, 6.45) is 0.521. The zero-order valence-corrected chi connectivity index (χ0v) is 19.5. The number of rotatable bonds is 9. The van der Waals surface area contributed by atoms with E-state index in [-0.39, 0.29) is 24.4 Å². The average Bonchev–Trinajstić information content (AvgIpc) is 2.91. The van der Waals surface area contributed by atoms with Crippen molar-refractivity contribution >= 4 is 0 Å². The predicted octanol–water partition coefficient (Wildman–Crippen LogP) is 4.80. The van der Waals surface area contributed by atoms with Gasteiger partial charge in [0.2, 0.25) is 0 Å². The van der Waals surface area contributed by atoms with E-state index < -0.39 is 0 Å². The number of ether oxygens (including phenoxy) is 4. The number of hydrogen-bond acceptors (Lipinski definition) is 5. The lowest BCUT2D eigenvalue weighted by Gasteiger charge is -2.50. The van der Waals surface area contributed by atoms with Gasteiger partial charge in [0.05, 0.1) is 32.7 Å². The minimum Gasteiger partial charge on any atom is -0.369 e. The van der Waals surface area contributed by atoms with Crippen LogP contribution in [0.25, 0.3) is 0 Å². The summed E-state index contributed by atoms with van der Waals surface area (Å²) < 4.78 is 25.5. The van der Waals surface area contributed by atoms with E-state index in [0.717, 1.165) is 36.3 Å². The number of fused-ring (bicyclic) bond motifs is 1. The quantitative estimate of drug-likeness (QED) is 0.460. The summed E-state index contributed by atoms with van der Waals surface area (Å²) in [6, 6.07) is 31.2. The van der Waals surface area contributed by atoms with Crippen molar-refractivity contribution in [3.8, 4) is 0 Å². The molecule has 3 aromatic rings. The first kappa shape index (κ1) is 23.2.